The van der Waals surface area contributed by atoms with Crippen molar-refractivity contribution >= 4 is 27.7 Å². The summed E-state index contributed by atoms with van der Waals surface area (Å²) in [5.41, 5.74) is 0. The normalized spacial score (nSPS) is 18.2. The summed E-state index contributed by atoms with van der Waals surface area (Å²) in [4.78, 5) is 15.4. The lowest BCUT2D eigenvalue weighted by Crippen LogP contribution is -2.19. The maximum absolute atomic E-state index is 13.4. The van der Waals surface area contributed by atoms with E-state index in [1.54, 1.807) is 0 Å². The lowest BCUT2D eigenvalue weighted by atomic mass is 10.2. The summed E-state index contributed by atoms with van der Waals surface area (Å²) >= 11 is 3.10. The first-order chi connectivity index (χ1) is 9.65. The van der Waals surface area contributed by atoms with E-state index in [1.807, 2.05) is 0 Å². The highest BCUT2D eigenvalue weighted by Gasteiger charge is 2.15. The number of hydrogen-bond donors (Lipinski definition) is 1. The molecule has 0 aromatic carbocycles. The molecule has 1 atom stereocenters. The van der Waals surface area contributed by atoms with Gasteiger partial charge in [-0.2, -0.15) is 0 Å². The number of carbonyl (C=O) groups is 1. The van der Waals surface area contributed by atoms with Gasteiger partial charge in [0.25, 0.3) is 0 Å². The zero-order valence-electron chi connectivity index (χ0n) is 10.9. The summed E-state index contributed by atoms with van der Waals surface area (Å²) in [5.74, 6) is -0.976. The Morgan fingerprint density at radius 2 is 2.50 bits per heavy atom. The predicted octanol–water partition coefficient (Wildman–Crippen LogP) is 2.51. The van der Waals surface area contributed by atoms with Crippen LogP contribution in [0.1, 0.15) is 19.3 Å². The third kappa shape index (κ3) is 4.81. The topological polar surface area (TPSA) is 60.5 Å². The summed E-state index contributed by atoms with van der Waals surface area (Å²) in [6, 6.07) is 1.25. The fourth-order valence-corrected chi connectivity index (χ4v) is 2.16. The number of amides is 1. The number of aromatic nitrogens is 1. The van der Waals surface area contributed by atoms with Crippen molar-refractivity contribution in [1.82, 2.24) is 4.98 Å². The first-order valence-corrected chi connectivity index (χ1v) is 7.24. The number of anilines is 1. The minimum absolute atomic E-state index is 0.0719. The van der Waals surface area contributed by atoms with Gasteiger partial charge in [0.2, 0.25) is 5.91 Å². The molecule has 1 aromatic heterocycles. The van der Waals surface area contributed by atoms with Gasteiger partial charge in [-0.25, -0.2) is 9.37 Å². The summed E-state index contributed by atoms with van der Waals surface area (Å²) in [5, 5.41) is 2.41. The molecule has 1 aliphatic heterocycles. The summed E-state index contributed by atoms with van der Waals surface area (Å²) in [6.07, 6.45) is 3.78. The Kier molecular flexibility index (Phi) is 5.87. The highest BCUT2D eigenvalue weighted by molar-refractivity contribution is 9.10. The molecule has 2 rings (SSSR count). The molecule has 1 saturated heterocycles. The van der Waals surface area contributed by atoms with Crippen LogP contribution in [0.4, 0.5) is 10.2 Å². The van der Waals surface area contributed by atoms with Crippen LogP contribution in [0.3, 0.4) is 0 Å². The number of nitrogens with one attached hydrogen (secondary N) is 1. The Morgan fingerprint density at radius 3 is 3.20 bits per heavy atom. The molecule has 7 heteroatoms. The smallest absolute Gasteiger partial charge is 0.227 e. The van der Waals surface area contributed by atoms with E-state index in [9.17, 15) is 9.18 Å². The maximum Gasteiger partial charge on any atom is 0.227 e. The third-order valence-corrected chi connectivity index (χ3v) is 3.30. The third-order valence-electron chi connectivity index (χ3n) is 2.87. The van der Waals surface area contributed by atoms with E-state index < -0.39 is 5.82 Å². The maximum atomic E-state index is 13.4. The summed E-state index contributed by atoms with van der Waals surface area (Å²) in [6.45, 7) is 1.56. The fourth-order valence-electron chi connectivity index (χ4n) is 1.86. The SMILES string of the molecule is O=C(CCOC[C@@H]1CCCO1)Nc1ncc(Br)cc1F. The lowest BCUT2D eigenvalue weighted by molar-refractivity contribution is -0.117. The molecule has 0 aliphatic carbocycles. The van der Waals surface area contributed by atoms with Crippen molar-refractivity contribution in [2.75, 3.05) is 25.1 Å². The Labute approximate surface area is 125 Å². The van der Waals surface area contributed by atoms with Crippen LogP contribution in [-0.2, 0) is 14.3 Å². The Bertz CT molecular complexity index is 467. The van der Waals surface area contributed by atoms with Crippen LogP contribution in [0, 0.1) is 5.82 Å². The average Bonchev–Trinajstić information content (AvgIpc) is 2.91. The van der Waals surface area contributed by atoms with Crippen LogP contribution in [0.5, 0.6) is 0 Å². The number of halogens is 2. The average molecular weight is 347 g/mol. The summed E-state index contributed by atoms with van der Waals surface area (Å²) in [7, 11) is 0. The second-order valence-electron chi connectivity index (χ2n) is 4.49. The second-order valence-corrected chi connectivity index (χ2v) is 5.41. The zero-order valence-corrected chi connectivity index (χ0v) is 12.5. The van der Waals surface area contributed by atoms with Crippen LogP contribution < -0.4 is 5.32 Å². The van der Waals surface area contributed by atoms with Crippen LogP contribution in [0.2, 0.25) is 0 Å². The molecule has 2 heterocycles. The fraction of sp³-hybridized carbons (Fsp3) is 0.538. The number of pyridine rings is 1. The van der Waals surface area contributed by atoms with Gasteiger partial charge in [0.15, 0.2) is 11.6 Å². The van der Waals surface area contributed by atoms with Gasteiger partial charge in [-0.3, -0.25) is 4.79 Å². The highest BCUT2D eigenvalue weighted by Crippen LogP contribution is 2.16. The molecule has 0 unspecified atom stereocenters. The van der Waals surface area contributed by atoms with E-state index in [0.717, 1.165) is 19.4 Å². The second kappa shape index (κ2) is 7.66. The molecule has 0 radical (unpaired) electrons. The van der Waals surface area contributed by atoms with Crippen molar-refractivity contribution in [1.29, 1.82) is 0 Å². The molecule has 110 valence electrons. The van der Waals surface area contributed by atoms with Crippen LogP contribution in [0.25, 0.3) is 0 Å². The van der Waals surface area contributed by atoms with E-state index in [1.165, 1.54) is 12.3 Å². The first-order valence-electron chi connectivity index (χ1n) is 6.45. The van der Waals surface area contributed by atoms with Gasteiger partial charge >= 0.3 is 0 Å². The number of ether oxygens (including phenoxy) is 2. The van der Waals surface area contributed by atoms with E-state index in [0.29, 0.717) is 11.1 Å². The van der Waals surface area contributed by atoms with Crippen molar-refractivity contribution < 1.29 is 18.7 Å². The molecule has 0 bridgehead atoms. The van der Waals surface area contributed by atoms with Crippen molar-refractivity contribution in [2.45, 2.75) is 25.4 Å². The quantitative estimate of drug-likeness (QED) is 0.804. The number of nitrogens with zero attached hydrogens (tertiary/aromatic N) is 1. The van der Waals surface area contributed by atoms with Crippen molar-refractivity contribution in [2.24, 2.45) is 0 Å². The predicted molar refractivity (Wildman–Crippen MR) is 74.9 cm³/mol. The van der Waals surface area contributed by atoms with E-state index >= 15 is 0 Å². The molecular formula is C13H16BrFN2O3. The largest absolute Gasteiger partial charge is 0.378 e. The van der Waals surface area contributed by atoms with E-state index in [-0.39, 0.29) is 30.9 Å². The van der Waals surface area contributed by atoms with Crippen LogP contribution in [0.15, 0.2) is 16.7 Å². The van der Waals surface area contributed by atoms with Crippen molar-refractivity contribution in [3.05, 3.63) is 22.6 Å². The molecule has 1 N–H and O–H groups in total. The monoisotopic (exact) mass is 346 g/mol. The van der Waals surface area contributed by atoms with Gasteiger partial charge in [0.05, 0.1) is 25.7 Å². The standard InChI is InChI=1S/C13H16BrFN2O3/c14-9-6-11(15)13(16-7-9)17-12(18)3-5-19-8-10-2-1-4-20-10/h6-7,10H,1-5,8H2,(H,16,17,18)/t10-/m0/s1. The van der Waals surface area contributed by atoms with Crippen molar-refractivity contribution in [3.8, 4) is 0 Å². The van der Waals surface area contributed by atoms with Crippen LogP contribution >= 0.6 is 15.9 Å². The number of carbonyl (C=O) groups excluding carboxylic acids is 1. The van der Waals surface area contributed by atoms with E-state index in [4.69, 9.17) is 9.47 Å². The van der Waals surface area contributed by atoms with Gasteiger partial charge in [-0.15, -0.1) is 0 Å². The molecule has 0 spiro atoms. The van der Waals surface area contributed by atoms with Gasteiger partial charge in [0, 0.05) is 17.3 Å². The van der Waals surface area contributed by atoms with Gasteiger partial charge in [0.1, 0.15) is 0 Å². The number of rotatable bonds is 6. The van der Waals surface area contributed by atoms with Crippen molar-refractivity contribution in [3.63, 3.8) is 0 Å². The molecule has 20 heavy (non-hydrogen) atoms. The van der Waals surface area contributed by atoms with Crippen LogP contribution in [-0.4, -0.2) is 36.8 Å². The molecule has 1 amide bonds. The minimum Gasteiger partial charge on any atom is -0.378 e. The Hall–Kier alpha value is -1.05. The molecule has 5 nitrogen and oxygen atoms in total. The minimum atomic E-state index is -0.576. The lowest BCUT2D eigenvalue weighted by Gasteiger charge is -2.10. The van der Waals surface area contributed by atoms with Gasteiger partial charge < -0.3 is 14.8 Å². The van der Waals surface area contributed by atoms with Gasteiger partial charge in [-0.1, -0.05) is 0 Å². The zero-order chi connectivity index (χ0) is 14.4. The molecule has 1 aliphatic rings. The molecule has 1 fully saturated rings. The Morgan fingerprint density at radius 1 is 1.65 bits per heavy atom. The highest BCUT2D eigenvalue weighted by atomic mass is 79.9. The van der Waals surface area contributed by atoms with Gasteiger partial charge in [-0.05, 0) is 34.8 Å². The number of hydrogen-bond acceptors (Lipinski definition) is 4. The first kappa shape index (κ1) is 15.3. The van der Waals surface area contributed by atoms with E-state index in [2.05, 4.69) is 26.2 Å². The Balaban J connectivity index is 1.67. The molecule has 0 saturated carbocycles. The molecule has 1 aromatic rings. The summed E-state index contributed by atoms with van der Waals surface area (Å²) < 4.78 is 24.7. The molecular weight excluding hydrogens is 331 g/mol.